The van der Waals surface area contributed by atoms with E-state index in [4.69, 9.17) is 22.4 Å². The van der Waals surface area contributed by atoms with Gasteiger partial charge in [-0.1, -0.05) is 24.6 Å². The van der Waals surface area contributed by atoms with Gasteiger partial charge in [-0.3, -0.25) is 4.79 Å². The number of halogens is 1. The molecule has 0 aliphatic heterocycles. The second kappa shape index (κ2) is 6.47. The molecule has 1 unspecified atom stereocenters. The molecule has 1 aromatic carbocycles. The van der Waals surface area contributed by atoms with Crippen LogP contribution >= 0.6 is 11.6 Å². The molecule has 1 amide bonds. The van der Waals surface area contributed by atoms with Gasteiger partial charge in [0.25, 0.3) is 5.91 Å². The van der Waals surface area contributed by atoms with Crippen molar-refractivity contribution in [3.8, 4) is 0 Å². The predicted octanol–water partition coefficient (Wildman–Crippen LogP) is 1.81. The standard InChI is InChI=1S/C12H17ClN2O2/c1-2-8(6-7-16)15-12(17)11-9(13)4-3-5-10(11)14/h3-5,8,16H,2,6-7,14H2,1H3,(H,15,17). The molecule has 0 spiro atoms. The maximum Gasteiger partial charge on any atom is 0.255 e. The van der Waals surface area contributed by atoms with Gasteiger partial charge < -0.3 is 16.2 Å². The summed E-state index contributed by atoms with van der Waals surface area (Å²) < 4.78 is 0. The van der Waals surface area contributed by atoms with E-state index in [1.807, 2.05) is 6.92 Å². The SMILES string of the molecule is CCC(CCO)NC(=O)c1c(N)cccc1Cl. The van der Waals surface area contributed by atoms with Crippen molar-refractivity contribution in [1.29, 1.82) is 0 Å². The number of hydrogen-bond acceptors (Lipinski definition) is 3. The van der Waals surface area contributed by atoms with E-state index < -0.39 is 0 Å². The van der Waals surface area contributed by atoms with Crippen LogP contribution < -0.4 is 11.1 Å². The number of anilines is 1. The zero-order chi connectivity index (χ0) is 12.8. The lowest BCUT2D eigenvalue weighted by Crippen LogP contribution is -2.35. The Morgan fingerprint density at radius 1 is 1.59 bits per heavy atom. The van der Waals surface area contributed by atoms with E-state index in [0.29, 0.717) is 22.7 Å². The largest absolute Gasteiger partial charge is 0.398 e. The minimum absolute atomic E-state index is 0.0385. The lowest BCUT2D eigenvalue weighted by Gasteiger charge is -2.17. The molecule has 1 aromatic rings. The molecule has 4 nitrogen and oxygen atoms in total. The first kappa shape index (κ1) is 13.8. The number of nitrogens with two attached hydrogens (primary N) is 1. The van der Waals surface area contributed by atoms with E-state index in [-0.39, 0.29) is 18.6 Å². The summed E-state index contributed by atoms with van der Waals surface area (Å²) in [5.74, 6) is -0.298. The number of aliphatic hydroxyl groups excluding tert-OH is 1. The predicted molar refractivity (Wildman–Crippen MR) is 69.1 cm³/mol. The average Bonchev–Trinajstić information content (AvgIpc) is 2.28. The number of aliphatic hydroxyl groups is 1. The summed E-state index contributed by atoms with van der Waals surface area (Å²) in [5, 5.41) is 12.0. The van der Waals surface area contributed by atoms with E-state index in [9.17, 15) is 4.79 Å². The van der Waals surface area contributed by atoms with Crippen molar-refractivity contribution in [3.63, 3.8) is 0 Å². The first-order chi connectivity index (χ1) is 8.10. The van der Waals surface area contributed by atoms with E-state index in [2.05, 4.69) is 5.32 Å². The van der Waals surface area contributed by atoms with Crippen molar-refractivity contribution in [1.82, 2.24) is 5.32 Å². The summed E-state index contributed by atoms with van der Waals surface area (Å²) in [6.45, 7) is 1.98. The number of carbonyl (C=O) groups excluding carboxylic acids is 1. The Labute approximate surface area is 106 Å². The van der Waals surface area contributed by atoms with Gasteiger partial charge in [-0.15, -0.1) is 0 Å². The monoisotopic (exact) mass is 256 g/mol. The molecule has 0 heterocycles. The van der Waals surface area contributed by atoms with Crippen molar-refractivity contribution in [2.24, 2.45) is 0 Å². The second-order valence-electron chi connectivity index (χ2n) is 3.79. The van der Waals surface area contributed by atoms with Gasteiger partial charge in [-0.05, 0) is 25.0 Å². The lowest BCUT2D eigenvalue weighted by atomic mass is 10.1. The van der Waals surface area contributed by atoms with Crippen LogP contribution in [0.4, 0.5) is 5.69 Å². The molecule has 5 heteroatoms. The van der Waals surface area contributed by atoms with Crippen LogP contribution in [0.25, 0.3) is 0 Å². The number of benzene rings is 1. The van der Waals surface area contributed by atoms with Crippen LogP contribution in [-0.2, 0) is 0 Å². The fourth-order valence-electron chi connectivity index (χ4n) is 1.57. The van der Waals surface area contributed by atoms with Gasteiger partial charge in [0.2, 0.25) is 0 Å². The molecular weight excluding hydrogens is 240 g/mol. The van der Waals surface area contributed by atoms with E-state index in [1.165, 1.54) is 0 Å². The van der Waals surface area contributed by atoms with Crippen molar-refractivity contribution in [2.75, 3.05) is 12.3 Å². The Morgan fingerprint density at radius 3 is 2.82 bits per heavy atom. The molecule has 0 aliphatic rings. The number of hydrogen-bond donors (Lipinski definition) is 3. The Bertz CT molecular complexity index is 376. The molecule has 4 N–H and O–H groups in total. The lowest BCUT2D eigenvalue weighted by molar-refractivity contribution is 0.0930. The summed E-state index contributed by atoms with van der Waals surface area (Å²) in [6.07, 6.45) is 1.27. The quantitative estimate of drug-likeness (QED) is 0.704. The summed E-state index contributed by atoms with van der Waals surface area (Å²) in [4.78, 5) is 12.0. The van der Waals surface area contributed by atoms with Crippen LogP contribution in [-0.4, -0.2) is 23.7 Å². The van der Waals surface area contributed by atoms with E-state index >= 15 is 0 Å². The van der Waals surface area contributed by atoms with Crippen molar-refractivity contribution in [2.45, 2.75) is 25.8 Å². The van der Waals surface area contributed by atoms with Crippen LogP contribution in [0.3, 0.4) is 0 Å². The van der Waals surface area contributed by atoms with Gasteiger partial charge in [0.1, 0.15) is 0 Å². The van der Waals surface area contributed by atoms with Crippen LogP contribution in [0.1, 0.15) is 30.1 Å². The van der Waals surface area contributed by atoms with Crippen LogP contribution in [0.2, 0.25) is 5.02 Å². The van der Waals surface area contributed by atoms with Crippen LogP contribution in [0, 0.1) is 0 Å². The summed E-state index contributed by atoms with van der Waals surface area (Å²) in [6, 6.07) is 4.88. The van der Waals surface area contributed by atoms with Gasteiger partial charge in [0.05, 0.1) is 10.6 Å². The molecule has 17 heavy (non-hydrogen) atoms. The van der Waals surface area contributed by atoms with Crippen LogP contribution in [0.15, 0.2) is 18.2 Å². The third-order valence-electron chi connectivity index (χ3n) is 2.58. The smallest absolute Gasteiger partial charge is 0.255 e. The maximum atomic E-state index is 12.0. The Balaban J connectivity index is 2.82. The normalized spacial score (nSPS) is 12.2. The molecule has 0 fully saturated rings. The average molecular weight is 257 g/mol. The molecule has 1 rings (SSSR count). The zero-order valence-corrected chi connectivity index (χ0v) is 10.5. The first-order valence-corrected chi connectivity index (χ1v) is 5.93. The van der Waals surface area contributed by atoms with E-state index in [1.54, 1.807) is 18.2 Å². The fraction of sp³-hybridized carbons (Fsp3) is 0.417. The van der Waals surface area contributed by atoms with Gasteiger partial charge in [-0.2, -0.15) is 0 Å². The molecule has 94 valence electrons. The van der Waals surface area contributed by atoms with Crippen molar-refractivity contribution >= 4 is 23.2 Å². The summed E-state index contributed by atoms with van der Waals surface area (Å²) >= 11 is 5.94. The molecule has 0 radical (unpaired) electrons. The molecule has 1 atom stereocenters. The van der Waals surface area contributed by atoms with Crippen LogP contribution in [0.5, 0.6) is 0 Å². The molecule has 0 saturated carbocycles. The third kappa shape index (κ3) is 3.61. The number of amides is 1. The highest BCUT2D eigenvalue weighted by atomic mass is 35.5. The highest BCUT2D eigenvalue weighted by Crippen LogP contribution is 2.21. The van der Waals surface area contributed by atoms with Crippen molar-refractivity contribution in [3.05, 3.63) is 28.8 Å². The van der Waals surface area contributed by atoms with Gasteiger partial charge >= 0.3 is 0 Å². The summed E-state index contributed by atoms with van der Waals surface area (Å²) in [7, 11) is 0. The minimum Gasteiger partial charge on any atom is -0.398 e. The van der Waals surface area contributed by atoms with E-state index in [0.717, 1.165) is 6.42 Å². The maximum absolute atomic E-state index is 12.0. The Morgan fingerprint density at radius 2 is 2.29 bits per heavy atom. The topological polar surface area (TPSA) is 75.3 Å². The highest BCUT2D eigenvalue weighted by Gasteiger charge is 2.16. The first-order valence-electron chi connectivity index (χ1n) is 5.55. The molecule has 0 bridgehead atoms. The fourth-order valence-corrected chi connectivity index (χ4v) is 1.84. The number of nitrogen functional groups attached to an aromatic ring is 1. The second-order valence-corrected chi connectivity index (χ2v) is 4.20. The third-order valence-corrected chi connectivity index (χ3v) is 2.89. The number of rotatable bonds is 5. The number of carbonyl (C=O) groups is 1. The minimum atomic E-state index is -0.298. The zero-order valence-electron chi connectivity index (χ0n) is 9.74. The Hall–Kier alpha value is -1.26. The molecule has 0 aliphatic carbocycles. The molecular formula is C12H17ClN2O2. The Kier molecular flexibility index (Phi) is 5.25. The summed E-state index contributed by atoms with van der Waals surface area (Å²) in [5.41, 5.74) is 6.37. The molecule has 0 saturated heterocycles. The highest BCUT2D eigenvalue weighted by molar-refractivity contribution is 6.34. The van der Waals surface area contributed by atoms with Gasteiger partial charge in [-0.25, -0.2) is 0 Å². The number of nitrogens with one attached hydrogen (secondary N) is 1. The van der Waals surface area contributed by atoms with Gasteiger partial charge in [0.15, 0.2) is 0 Å². The molecule has 0 aromatic heterocycles. The van der Waals surface area contributed by atoms with Gasteiger partial charge in [0, 0.05) is 18.3 Å². The van der Waals surface area contributed by atoms with Crippen molar-refractivity contribution < 1.29 is 9.90 Å².